The topological polar surface area (TPSA) is 115 Å². The zero-order chi connectivity index (χ0) is 19.8. The van der Waals surface area contributed by atoms with Crippen molar-refractivity contribution in [3.8, 4) is 0 Å². The average Bonchev–Trinajstić information content (AvgIpc) is 2.91. The number of hydrogen-bond donors (Lipinski definition) is 4. The van der Waals surface area contributed by atoms with Gasteiger partial charge in [-0.25, -0.2) is 0 Å². The van der Waals surface area contributed by atoms with Gasteiger partial charge in [0.25, 0.3) is 0 Å². The highest BCUT2D eigenvalue weighted by Crippen LogP contribution is 2.68. The summed E-state index contributed by atoms with van der Waals surface area (Å²) < 4.78 is 0. The van der Waals surface area contributed by atoms with Crippen LogP contribution in [0.5, 0.6) is 0 Å². The molecule has 152 valence electrons. The smallest absolute Gasteiger partial charge is 0.190 e. The molecule has 4 unspecified atom stereocenters. The van der Waals surface area contributed by atoms with Crippen LogP contribution < -0.4 is 0 Å². The van der Waals surface area contributed by atoms with Gasteiger partial charge in [-0.15, -0.1) is 0 Å². The standard InChI is InChI=1S/C21H32O6/c1-19-5-3-12(23)7-11(19)8-15(24)18-13-4-6-21(27,17(26)10-22)20(13,2)16(25)9-14(18)19/h11,13-16,18,22,24-25,27H,3-10H2,1-2H3/t11-,13?,14?,15?,16-,18?,19-,20+,21-/m0/s1. The quantitative estimate of drug-likeness (QED) is 0.564. The molecule has 0 aliphatic heterocycles. The molecule has 4 aliphatic rings. The molecule has 0 radical (unpaired) electrons. The minimum absolute atomic E-state index is 0.0685. The normalized spacial score (nSPS) is 54.8. The second-order valence-electron chi connectivity index (χ2n) is 10.1. The molecule has 4 saturated carbocycles. The molecule has 0 saturated heterocycles. The predicted octanol–water partition coefficient (Wildman–Crippen LogP) is 0.832. The van der Waals surface area contributed by atoms with Gasteiger partial charge in [-0.1, -0.05) is 13.8 Å². The van der Waals surface area contributed by atoms with Crippen molar-refractivity contribution in [2.24, 2.45) is 34.5 Å². The van der Waals surface area contributed by atoms with E-state index in [0.29, 0.717) is 32.1 Å². The zero-order valence-electron chi connectivity index (χ0n) is 16.2. The summed E-state index contributed by atoms with van der Waals surface area (Å²) in [7, 11) is 0. The Morgan fingerprint density at radius 3 is 2.52 bits per heavy atom. The molecule has 6 nitrogen and oxygen atoms in total. The first kappa shape index (κ1) is 19.5. The van der Waals surface area contributed by atoms with E-state index in [9.17, 15) is 30.0 Å². The highest BCUT2D eigenvalue weighted by Gasteiger charge is 2.71. The molecule has 4 N–H and O–H groups in total. The van der Waals surface area contributed by atoms with Crippen LogP contribution in [0.4, 0.5) is 0 Å². The fourth-order valence-corrected chi connectivity index (χ4v) is 7.61. The van der Waals surface area contributed by atoms with Gasteiger partial charge in [-0.2, -0.15) is 0 Å². The van der Waals surface area contributed by atoms with Crippen LogP contribution in [0.1, 0.15) is 58.8 Å². The van der Waals surface area contributed by atoms with Crippen molar-refractivity contribution in [3.05, 3.63) is 0 Å². The minimum atomic E-state index is -1.75. The third-order valence-electron chi connectivity index (χ3n) is 9.35. The van der Waals surface area contributed by atoms with Crippen LogP contribution in [0.2, 0.25) is 0 Å². The van der Waals surface area contributed by atoms with Crippen molar-refractivity contribution in [2.75, 3.05) is 6.61 Å². The lowest BCUT2D eigenvalue weighted by molar-refractivity contribution is -0.224. The number of aliphatic hydroxyl groups is 4. The van der Waals surface area contributed by atoms with Crippen LogP contribution in [-0.4, -0.2) is 56.4 Å². The predicted molar refractivity (Wildman–Crippen MR) is 96.6 cm³/mol. The van der Waals surface area contributed by atoms with Crippen LogP contribution in [0.3, 0.4) is 0 Å². The van der Waals surface area contributed by atoms with Gasteiger partial charge in [0.05, 0.1) is 12.2 Å². The first-order valence-electron chi connectivity index (χ1n) is 10.3. The van der Waals surface area contributed by atoms with E-state index in [1.807, 2.05) is 0 Å². The summed E-state index contributed by atoms with van der Waals surface area (Å²) >= 11 is 0. The maximum atomic E-state index is 12.4. The molecule has 0 amide bonds. The lowest BCUT2D eigenvalue weighted by Crippen LogP contribution is -2.66. The van der Waals surface area contributed by atoms with E-state index in [2.05, 4.69) is 6.92 Å². The minimum Gasteiger partial charge on any atom is -0.393 e. The van der Waals surface area contributed by atoms with Crippen LogP contribution >= 0.6 is 0 Å². The van der Waals surface area contributed by atoms with E-state index < -0.39 is 35.6 Å². The third-order valence-corrected chi connectivity index (χ3v) is 9.35. The Bertz CT molecular complexity index is 663. The molecule has 4 rings (SSSR count). The molecular formula is C21H32O6. The SMILES string of the molecule is C[C@]12CCC(=O)C[C@H]1CC(O)C1C2C[C@H](O)[C@@]2(C)C1CC[C@]2(O)C(=O)CO. The Morgan fingerprint density at radius 2 is 1.85 bits per heavy atom. The van der Waals surface area contributed by atoms with E-state index in [0.717, 1.165) is 6.42 Å². The fraction of sp³-hybridized carbons (Fsp3) is 0.905. The Morgan fingerprint density at radius 1 is 1.15 bits per heavy atom. The van der Waals surface area contributed by atoms with E-state index >= 15 is 0 Å². The molecule has 0 spiro atoms. The number of ketones is 2. The number of carbonyl (C=O) groups excluding carboxylic acids is 2. The summed E-state index contributed by atoms with van der Waals surface area (Å²) in [5, 5.41) is 42.8. The van der Waals surface area contributed by atoms with Crippen molar-refractivity contribution >= 4 is 11.6 Å². The van der Waals surface area contributed by atoms with Gasteiger partial charge in [0, 0.05) is 18.3 Å². The summed E-state index contributed by atoms with van der Waals surface area (Å²) in [6.07, 6.45) is 2.09. The van der Waals surface area contributed by atoms with Crippen LogP contribution in [0, 0.1) is 34.5 Å². The fourth-order valence-electron chi connectivity index (χ4n) is 7.61. The maximum Gasteiger partial charge on any atom is 0.190 e. The molecule has 27 heavy (non-hydrogen) atoms. The average molecular weight is 380 g/mol. The maximum absolute atomic E-state index is 12.4. The molecule has 4 fully saturated rings. The van der Waals surface area contributed by atoms with Gasteiger partial charge in [0.15, 0.2) is 5.78 Å². The third kappa shape index (κ3) is 2.33. The van der Waals surface area contributed by atoms with Crippen molar-refractivity contribution in [1.82, 2.24) is 0 Å². The molecule has 0 heterocycles. The lowest BCUT2D eigenvalue weighted by Gasteiger charge is -2.63. The Labute approximate surface area is 160 Å². The van der Waals surface area contributed by atoms with Crippen LogP contribution in [0.15, 0.2) is 0 Å². The van der Waals surface area contributed by atoms with E-state index in [1.165, 1.54) is 0 Å². The van der Waals surface area contributed by atoms with Gasteiger partial charge in [-0.3, -0.25) is 9.59 Å². The number of carbonyl (C=O) groups is 2. The summed E-state index contributed by atoms with van der Waals surface area (Å²) in [6, 6.07) is 0. The molecule has 4 aliphatic carbocycles. The number of fused-ring (bicyclic) bond motifs is 5. The summed E-state index contributed by atoms with van der Waals surface area (Å²) in [4.78, 5) is 24.4. The molecule has 0 aromatic rings. The molecule has 0 aromatic carbocycles. The Hall–Kier alpha value is -0.820. The monoisotopic (exact) mass is 380 g/mol. The van der Waals surface area contributed by atoms with Gasteiger partial charge in [0.2, 0.25) is 0 Å². The van der Waals surface area contributed by atoms with Crippen LogP contribution in [-0.2, 0) is 9.59 Å². The van der Waals surface area contributed by atoms with Gasteiger partial charge in [0.1, 0.15) is 18.0 Å². The molecule has 9 atom stereocenters. The van der Waals surface area contributed by atoms with Crippen molar-refractivity contribution in [3.63, 3.8) is 0 Å². The van der Waals surface area contributed by atoms with E-state index in [1.54, 1.807) is 6.92 Å². The van der Waals surface area contributed by atoms with Crippen molar-refractivity contribution in [2.45, 2.75) is 76.6 Å². The Balaban J connectivity index is 1.74. The van der Waals surface area contributed by atoms with E-state index in [4.69, 9.17) is 0 Å². The second-order valence-corrected chi connectivity index (χ2v) is 10.1. The van der Waals surface area contributed by atoms with Gasteiger partial charge >= 0.3 is 0 Å². The summed E-state index contributed by atoms with van der Waals surface area (Å²) in [5.74, 6) is -0.466. The largest absolute Gasteiger partial charge is 0.393 e. The number of rotatable bonds is 2. The number of hydrogen-bond acceptors (Lipinski definition) is 6. The Kier molecular flexibility index (Phi) is 4.39. The first-order chi connectivity index (χ1) is 12.6. The zero-order valence-corrected chi connectivity index (χ0v) is 16.2. The highest BCUT2D eigenvalue weighted by atomic mass is 16.3. The van der Waals surface area contributed by atoms with Gasteiger partial charge < -0.3 is 20.4 Å². The molecule has 0 aromatic heterocycles. The lowest BCUT2D eigenvalue weighted by atomic mass is 9.43. The number of aliphatic hydroxyl groups excluding tert-OH is 3. The highest BCUT2D eigenvalue weighted by molar-refractivity contribution is 5.89. The molecule has 0 bridgehead atoms. The van der Waals surface area contributed by atoms with E-state index in [-0.39, 0.29) is 41.3 Å². The summed E-state index contributed by atoms with van der Waals surface area (Å²) in [5.41, 5.74) is -2.93. The van der Waals surface area contributed by atoms with Crippen molar-refractivity contribution in [1.29, 1.82) is 0 Å². The first-order valence-corrected chi connectivity index (χ1v) is 10.3. The van der Waals surface area contributed by atoms with Crippen molar-refractivity contribution < 1.29 is 30.0 Å². The molecular weight excluding hydrogens is 348 g/mol. The number of Topliss-reactive ketones (excluding diaryl/α,β-unsaturated/α-hetero) is 2. The second kappa shape index (κ2) is 6.09. The van der Waals surface area contributed by atoms with Crippen LogP contribution in [0.25, 0.3) is 0 Å². The van der Waals surface area contributed by atoms with Gasteiger partial charge in [-0.05, 0) is 61.2 Å². The molecule has 6 heteroatoms. The summed E-state index contributed by atoms with van der Waals surface area (Å²) in [6.45, 7) is 3.21.